The summed E-state index contributed by atoms with van der Waals surface area (Å²) in [4.78, 5) is 7.95. The van der Waals surface area contributed by atoms with Crippen LogP contribution in [0, 0.1) is 0 Å². The Kier molecular flexibility index (Phi) is 3.75. The van der Waals surface area contributed by atoms with E-state index in [1.165, 1.54) is 42.2 Å². The van der Waals surface area contributed by atoms with E-state index in [9.17, 15) is 0 Å². The molecule has 0 radical (unpaired) electrons. The third-order valence-electron chi connectivity index (χ3n) is 5.35. The highest BCUT2D eigenvalue weighted by atomic mass is 16.6. The molecule has 1 aliphatic carbocycles. The normalized spacial score (nSPS) is 18.9. The molecule has 0 bridgehead atoms. The van der Waals surface area contributed by atoms with Gasteiger partial charge in [0, 0.05) is 24.2 Å². The number of nitrogens with zero attached hydrogens (tertiary/aromatic N) is 3. The molecule has 0 unspecified atom stereocenters. The highest BCUT2D eigenvalue weighted by Gasteiger charge is 2.32. The van der Waals surface area contributed by atoms with Gasteiger partial charge in [-0.1, -0.05) is 5.16 Å². The molecular weight excluding hydrogens is 316 g/mol. The number of nitrogens with one attached hydrogen (secondary N) is 3. The van der Waals surface area contributed by atoms with E-state index in [1.807, 2.05) is 12.4 Å². The van der Waals surface area contributed by atoms with E-state index in [4.69, 9.17) is 4.63 Å². The van der Waals surface area contributed by atoms with Crippen molar-refractivity contribution in [1.82, 2.24) is 30.9 Å². The molecule has 1 aliphatic heterocycles. The van der Waals surface area contributed by atoms with Crippen LogP contribution < -0.4 is 10.6 Å². The van der Waals surface area contributed by atoms with Gasteiger partial charge in [0.15, 0.2) is 5.69 Å². The van der Waals surface area contributed by atoms with Gasteiger partial charge in [-0.25, -0.2) is 4.63 Å². The van der Waals surface area contributed by atoms with Gasteiger partial charge in [-0.3, -0.25) is 4.98 Å². The third kappa shape index (κ3) is 2.83. The summed E-state index contributed by atoms with van der Waals surface area (Å²) in [6.07, 6.45) is 10.4. The number of aromatic amines is 1. The van der Waals surface area contributed by atoms with Gasteiger partial charge in [0.25, 0.3) is 0 Å². The Morgan fingerprint density at radius 2 is 2.00 bits per heavy atom. The summed E-state index contributed by atoms with van der Waals surface area (Å²) in [5.74, 6) is 0.598. The molecule has 4 heterocycles. The Morgan fingerprint density at radius 1 is 1.12 bits per heavy atom. The molecule has 1 saturated heterocycles. The summed E-state index contributed by atoms with van der Waals surface area (Å²) in [6.45, 7) is 3.05. The van der Waals surface area contributed by atoms with Gasteiger partial charge in [-0.15, -0.1) is 0 Å². The molecule has 7 nitrogen and oxygen atoms in total. The molecule has 0 aromatic carbocycles. The number of H-pyrrole nitrogens is 1. The number of hydrogen-bond donors (Lipinski definition) is 3. The van der Waals surface area contributed by atoms with E-state index in [0.29, 0.717) is 12.0 Å². The molecule has 0 atom stereocenters. The van der Waals surface area contributed by atoms with Crippen molar-refractivity contribution >= 4 is 10.9 Å². The number of pyridine rings is 1. The van der Waals surface area contributed by atoms with Crippen LogP contribution in [-0.2, 0) is 6.54 Å². The fourth-order valence-electron chi connectivity index (χ4n) is 3.92. The first-order valence-corrected chi connectivity index (χ1v) is 9.10. The molecule has 3 aromatic heterocycles. The lowest BCUT2D eigenvalue weighted by atomic mass is 10.0. The summed E-state index contributed by atoms with van der Waals surface area (Å²) in [7, 11) is 0. The standard InChI is InChI=1S/C18H22N6O/c1-2-11(1)17-16-12(8-21-13-3-5-19-6-4-13)7-20-9-14(16)23-18(17)15-10-22-25-24-15/h7,9-11,13,19,21,23H,1-6,8H2. The fraction of sp³-hybridized carbons (Fsp3) is 0.500. The minimum absolute atomic E-state index is 0.582. The van der Waals surface area contributed by atoms with Crippen molar-refractivity contribution in [3.63, 3.8) is 0 Å². The Morgan fingerprint density at radius 3 is 2.76 bits per heavy atom. The Balaban J connectivity index is 1.53. The predicted molar refractivity (Wildman–Crippen MR) is 94.1 cm³/mol. The average Bonchev–Trinajstić information content (AvgIpc) is 3.20. The van der Waals surface area contributed by atoms with Gasteiger partial charge in [-0.2, -0.15) is 0 Å². The van der Waals surface area contributed by atoms with E-state index in [0.717, 1.165) is 36.5 Å². The molecule has 25 heavy (non-hydrogen) atoms. The molecule has 5 rings (SSSR count). The van der Waals surface area contributed by atoms with Crippen LogP contribution in [0.4, 0.5) is 0 Å². The second-order valence-electron chi connectivity index (χ2n) is 7.11. The van der Waals surface area contributed by atoms with Crippen molar-refractivity contribution in [3.05, 3.63) is 29.7 Å². The predicted octanol–water partition coefficient (Wildman–Crippen LogP) is 2.33. The van der Waals surface area contributed by atoms with Gasteiger partial charge in [0.05, 0.1) is 17.4 Å². The minimum Gasteiger partial charge on any atom is -0.352 e. The van der Waals surface area contributed by atoms with E-state index in [1.54, 1.807) is 6.20 Å². The van der Waals surface area contributed by atoms with Crippen LogP contribution in [-0.4, -0.2) is 39.4 Å². The first-order chi connectivity index (χ1) is 12.4. The lowest BCUT2D eigenvalue weighted by Crippen LogP contribution is -2.39. The fourth-order valence-corrected chi connectivity index (χ4v) is 3.92. The largest absolute Gasteiger partial charge is 0.352 e. The molecule has 0 amide bonds. The van der Waals surface area contributed by atoms with Crippen molar-refractivity contribution in [2.45, 2.75) is 44.2 Å². The van der Waals surface area contributed by atoms with E-state index >= 15 is 0 Å². The van der Waals surface area contributed by atoms with Crippen molar-refractivity contribution in [2.24, 2.45) is 0 Å². The molecule has 2 aliphatic rings. The van der Waals surface area contributed by atoms with E-state index < -0.39 is 0 Å². The second-order valence-corrected chi connectivity index (χ2v) is 7.11. The smallest absolute Gasteiger partial charge is 0.151 e. The van der Waals surface area contributed by atoms with Crippen molar-refractivity contribution < 1.29 is 4.63 Å². The van der Waals surface area contributed by atoms with Crippen molar-refractivity contribution in [1.29, 1.82) is 0 Å². The Labute approximate surface area is 145 Å². The van der Waals surface area contributed by atoms with Crippen LogP contribution in [0.1, 0.15) is 42.7 Å². The SMILES string of the molecule is c1nonc1-c1[nH]c2cncc(CNC3CCNCC3)c2c1C1CC1. The number of rotatable bonds is 5. The molecular formula is C18H22N6O. The van der Waals surface area contributed by atoms with Crippen LogP contribution in [0.5, 0.6) is 0 Å². The van der Waals surface area contributed by atoms with Crippen molar-refractivity contribution in [2.75, 3.05) is 13.1 Å². The van der Waals surface area contributed by atoms with E-state index in [2.05, 4.69) is 30.9 Å². The maximum atomic E-state index is 4.82. The third-order valence-corrected chi connectivity index (χ3v) is 5.35. The number of piperidine rings is 1. The second kappa shape index (κ2) is 6.24. The monoisotopic (exact) mass is 338 g/mol. The highest BCUT2D eigenvalue weighted by Crippen LogP contribution is 2.48. The van der Waals surface area contributed by atoms with Crippen LogP contribution in [0.2, 0.25) is 0 Å². The van der Waals surface area contributed by atoms with Crippen LogP contribution in [0.3, 0.4) is 0 Å². The van der Waals surface area contributed by atoms with Crippen LogP contribution >= 0.6 is 0 Å². The van der Waals surface area contributed by atoms with Gasteiger partial charge in [-0.05, 0) is 61.0 Å². The summed E-state index contributed by atoms with van der Waals surface area (Å²) in [5, 5.41) is 16.2. The number of hydrogen-bond acceptors (Lipinski definition) is 6. The van der Waals surface area contributed by atoms with Gasteiger partial charge >= 0.3 is 0 Å². The summed E-state index contributed by atoms with van der Waals surface area (Å²) in [6, 6.07) is 0.582. The first kappa shape index (κ1) is 15.0. The zero-order chi connectivity index (χ0) is 16.6. The first-order valence-electron chi connectivity index (χ1n) is 9.10. The molecule has 3 aromatic rings. The quantitative estimate of drug-likeness (QED) is 0.661. The topological polar surface area (TPSA) is 91.7 Å². The summed E-state index contributed by atoms with van der Waals surface area (Å²) in [5.41, 5.74) is 5.50. The Hall–Kier alpha value is -2.25. The maximum absolute atomic E-state index is 4.82. The van der Waals surface area contributed by atoms with Gasteiger partial charge in [0.1, 0.15) is 6.20 Å². The van der Waals surface area contributed by atoms with E-state index in [-0.39, 0.29) is 0 Å². The number of aromatic nitrogens is 4. The number of fused-ring (bicyclic) bond motifs is 1. The summed E-state index contributed by atoms with van der Waals surface area (Å²) < 4.78 is 4.82. The van der Waals surface area contributed by atoms with Crippen molar-refractivity contribution in [3.8, 4) is 11.4 Å². The zero-order valence-electron chi connectivity index (χ0n) is 14.1. The minimum atomic E-state index is 0.582. The average molecular weight is 338 g/mol. The van der Waals surface area contributed by atoms with Gasteiger partial charge < -0.3 is 15.6 Å². The Bertz CT molecular complexity index is 861. The zero-order valence-corrected chi connectivity index (χ0v) is 14.1. The summed E-state index contributed by atoms with van der Waals surface area (Å²) >= 11 is 0. The van der Waals surface area contributed by atoms with Crippen LogP contribution in [0.25, 0.3) is 22.3 Å². The molecule has 130 valence electrons. The highest BCUT2D eigenvalue weighted by molar-refractivity contribution is 5.93. The molecule has 7 heteroatoms. The molecule has 0 spiro atoms. The molecule has 1 saturated carbocycles. The molecule has 2 fully saturated rings. The van der Waals surface area contributed by atoms with Crippen LogP contribution in [0.15, 0.2) is 23.2 Å². The van der Waals surface area contributed by atoms with Gasteiger partial charge in [0.2, 0.25) is 0 Å². The molecule has 3 N–H and O–H groups in total. The lowest BCUT2D eigenvalue weighted by molar-refractivity contribution is 0.308. The lowest BCUT2D eigenvalue weighted by Gasteiger charge is -2.24. The maximum Gasteiger partial charge on any atom is 0.151 e.